The molecule has 4 aromatic rings. The Bertz CT molecular complexity index is 1160. The summed E-state index contributed by atoms with van der Waals surface area (Å²) in [6.45, 7) is 11.2. The molecule has 0 bridgehead atoms. The lowest BCUT2D eigenvalue weighted by atomic mass is 9.87. The second-order valence-corrected chi connectivity index (χ2v) is 8.83. The highest BCUT2D eigenvalue weighted by Gasteiger charge is 2.28. The highest BCUT2D eigenvalue weighted by molar-refractivity contribution is 5.80. The number of rotatable bonds is 2. The third-order valence-corrected chi connectivity index (χ3v) is 5.62. The number of para-hydroxylation sites is 1. The summed E-state index contributed by atoms with van der Waals surface area (Å²) in [6, 6.07) is 24.3. The molecular formula is C26H29N2+. The van der Waals surface area contributed by atoms with Crippen LogP contribution in [0.5, 0.6) is 0 Å². The van der Waals surface area contributed by atoms with Crippen molar-refractivity contribution in [2.45, 2.75) is 40.0 Å². The SMILES string of the molecule is Cc1ccc(C)c(-c2n(-c3ccccc3)c3ccc(C(C)(C)C)cc3[n+]2C)c1. The summed E-state index contributed by atoms with van der Waals surface area (Å²) >= 11 is 0. The first kappa shape index (κ1) is 18.5. The van der Waals surface area contributed by atoms with Crippen molar-refractivity contribution in [3.8, 4) is 17.1 Å². The zero-order valence-corrected chi connectivity index (χ0v) is 17.7. The first-order chi connectivity index (χ1) is 13.3. The van der Waals surface area contributed by atoms with Gasteiger partial charge in [-0.1, -0.05) is 62.7 Å². The van der Waals surface area contributed by atoms with Crippen LogP contribution < -0.4 is 4.57 Å². The van der Waals surface area contributed by atoms with Crippen LogP contribution in [-0.2, 0) is 12.5 Å². The summed E-state index contributed by atoms with van der Waals surface area (Å²) in [5.74, 6) is 1.22. The van der Waals surface area contributed by atoms with Gasteiger partial charge in [0.15, 0.2) is 11.0 Å². The van der Waals surface area contributed by atoms with E-state index < -0.39 is 0 Å². The summed E-state index contributed by atoms with van der Waals surface area (Å²) in [7, 11) is 2.19. The Hall–Kier alpha value is -2.87. The molecule has 0 N–H and O–H groups in total. The lowest BCUT2D eigenvalue weighted by Gasteiger charge is -2.18. The van der Waals surface area contributed by atoms with Crippen molar-refractivity contribution in [1.29, 1.82) is 0 Å². The molecule has 0 radical (unpaired) electrons. The second-order valence-electron chi connectivity index (χ2n) is 8.83. The van der Waals surface area contributed by atoms with Gasteiger partial charge in [-0.2, -0.15) is 4.57 Å². The fourth-order valence-electron chi connectivity index (χ4n) is 3.94. The van der Waals surface area contributed by atoms with Crippen molar-refractivity contribution in [3.05, 3.63) is 83.4 Å². The maximum Gasteiger partial charge on any atom is 0.295 e. The predicted octanol–water partition coefficient (Wildman–Crippen LogP) is 6.04. The molecule has 2 heteroatoms. The highest BCUT2D eigenvalue weighted by Crippen LogP contribution is 2.32. The fraction of sp³-hybridized carbons (Fsp3) is 0.269. The van der Waals surface area contributed by atoms with Crippen molar-refractivity contribution < 1.29 is 4.57 Å². The van der Waals surface area contributed by atoms with Gasteiger partial charge in [-0.3, -0.25) is 0 Å². The van der Waals surface area contributed by atoms with Gasteiger partial charge in [-0.15, -0.1) is 0 Å². The summed E-state index contributed by atoms with van der Waals surface area (Å²) in [5.41, 5.74) is 9.00. The molecule has 1 heterocycles. The standard InChI is InChI=1S/C26H29N2/c1-18-12-13-19(2)22(16-18)25-27(6)24-17-20(26(3,4)5)14-15-23(24)28(25)21-10-8-7-9-11-21/h7-17H,1-6H3/q+1. The predicted molar refractivity (Wildman–Crippen MR) is 118 cm³/mol. The lowest BCUT2D eigenvalue weighted by molar-refractivity contribution is -0.633. The molecule has 0 spiro atoms. The number of benzene rings is 3. The largest absolute Gasteiger partial charge is 0.295 e. The van der Waals surface area contributed by atoms with Crippen molar-refractivity contribution in [2.75, 3.05) is 0 Å². The lowest BCUT2D eigenvalue weighted by Crippen LogP contribution is -2.30. The van der Waals surface area contributed by atoms with Crippen molar-refractivity contribution in [1.82, 2.24) is 4.57 Å². The minimum atomic E-state index is 0.120. The van der Waals surface area contributed by atoms with Crippen LogP contribution in [0.3, 0.4) is 0 Å². The van der Waals surface area contributed by atoms with E-state index in [0.717, 1.165) is 0 Å². The number of fused-ring (bicyclic) bond motifs is 1. The molecular weight excluding hydrogens is 340 g/mol. The fourth-order valence-corrected chi connectivity index (χ4v) is 3.94. The van der Waals surface area contributed by atoms with E-state index >= 15 is 0 Å². The Morgan fingerprint density at radius 3 is 2.21 bits per heavy atom. The van der Waals surface area contributed by atoms with E-state index in [1.165, 1.54) is 44.8 Å². The minimum absolute atomic E-state index is 0.120. The molecule has 0 atom stereocenters. The molecule has 0 fully saturated rings. The van der Waals surface area contributed by atoms with Crippen LogP contribution in [-0.4, -0.2) is 4.57 Å². The van der Waals surface area contributed by atoms with Gasteiger partial charge in [0.05, 0.1) is 12.6 Å². The van der Waals surface area contributed by atoms with Gasteiger partial charge in [0.1, 0.15) is 5.69 Å². The smallest absolute Gasteiger partial charge is 0.225 e. The monoisotopic (exact) mass is 369 g/mol. The number of nitrogens with zero attached hydrogens (tertiary/aromatic N) is 2. The normalized spacial score (nSPS) is 11.9. The highest BCUT2D eigenvalue weighted by atomic mass is 15.2. The van der Waals surface area contributed by atoms with E-state index in [9.17, 15) is 0 Å². The van der Waals surface area contributed by atoms with E-state index in [2.05, 4.69) is 118 Å². The number of aromatic nitrogens is 2. The number of hydrogen-bond donors (Lipinski definition) is 0. The van der Waals surface area contributed by atoms with Gasteiger partial charge >= 0.3 is 0 Å². The third-order valence-electron chi connectivity index (χ3n) is 5.62. The quantitative estimate of drug-likeness (QED) is 0.381. The molecule has 0 saturated carbocycles. The van der Waals surface area contributed by atoms with Crippen LogP contribution in [0.2, 0.25) is 0 Å². The van der Waals surface area contributed by atoms with Crippen LogP contribution in [0.15, 0.2) is 66.7 Å². The Kier molecular flexibility index (Phi) is 4.38. The molecule has 0 unspecified atom stereocenters. The van der Waals surface area contributed by atoms with Gasteiger partial charge < -0.3 is 0 Å². The van der Waals surface area contributed by atoms with Crippen LogP contribution in [0.1, 0.15) is 37.5 Å². The first-order valence-corrected chi connectivity index (χ1v) is 9.95. The first-order valence-electron chi connectivity index (χ1n) is 9.95. The van der Waals surface area contributed by atoms with Crippen LogP contribution in [0, 0.1) is 13.8 Å². The van der Waals surface area contributed by atoms with Gasteiger partial charge in [0.2, 0.25) is 0 Å². The average Bonchev–Trinajstić information content (AvgIpc) is 2.96. The zero-order chi connectivity index (χ0) is 20.1. The van der Waals surface area contributed by atoms with E-state index in [0.29, 0.717) is 0 Å². The van der Waals surface area contributed by atoms with Crippen molar-refractivity contribution >= 4 is 11.0 Å². The van der Waals surface area contributed by atoms with Gasteiger partial charge in [-0.05, 0) is 60.7 Å². The molecule has 3 aromatic carbocycles. The van der Waals surface area contributed by atoms with Crippen LogP contribution >= 0.6 is 0 Å². The Morgan fingerprint density at radius 1 is 0.821 bits per heavy atom. The number of imidazole rings is 1. The maximum absolute atomic E-state index is 2.39. The zero-order valence-electron chi connectivity index (χ0n) is 17.7. The molecule has 2 nitrogen and oxygen atoms in total. The molecule has 0 aliphatic carbocycles. The molecule has 4 rings (SSSR count). The van der Waals surface area contributed by atoms with Crippen LogP contribution in [0.4, 0.5) is 0 Å². The number of hydrogen-bond acceptors (Lipinski definition) is 0. The summed E-state index contributed by atoms with van der Waals surface area (Å²) in [4.78, 5) is 0. The van der Waals surface area contributed by atoms with E-state index in [-0.39, 0.29) is 5.41 Å². The van der Waals surface area contributed by atoms with Gasteiger partial charge in [0.25, 0.3) is 5.82 Å². The topological polar surface area (TPSA) is 8.81 Å². The molecule has 0 amide bonds. The van der Waals surface area contributed by atoms with E-state index in [1.54, 1.807) is 0 Å². The molecule has 0 aliphatic heterocycles. The Balaban J connectivity index is 2.13. The van der Waals surface area contributed by atoms with Gasteiger partial charge in [0, 0.05) is 0 Å². The molecule has 0 saturated heterocycles. The molecule has 1 aromatic heterocycles. The molecule has 28 heavy (non-hydrogen) atoms. The number of aryl methyl sites for hydroxylation is 3. The maximum atomic E-state index is 2.39. The molecule has 142 valence electrons. The summed E-state index contributed by atoms with van der Waals surface area (Å²) < 4.78 is 4.74. The summed E-state index contributed by atoms with van der Waals surface area (Å²) in [6.07, 6.45) is 0. The van der Waals surface area contributed by atoms with Crippen LogP contribution in [0.25, 0.3) is 28.1 Å². The van der Waals surface area contributed by atoms with Gasteiger partial charge in [-0.25, -0.2) is 4.57 Å². The van der Waals surface area contributed by atoms with E-state index in [1.807, 2.05) is 0 Å². The molecule has 0 aliphatic rings. The second kappa shape index (κ2) is 6.63. The van der Waals surface area contributed by atoms with E-state index in [4.69, 9.17) is 0 Å². The minimum Gasteiger partial charge on any atom is -0.225 e. The van der Waals surface area contributed by atoms with Crippen molar-refractivity contribution in [2.24, 2.45) is 7.05 Å². The van der Waals surface area contributed by atoms with Crippen molar-refractivity contribution in [3.63, 3.8) is 0 Å². The average molecular weight is 370 g/mol. The Morgan fingerprint density at radius 2 is 1.54 bits per heavy atom. The third kappa shape index (κ3) is 3.03. The Labute approximate surface area is 168 Å². The summed E-state index contributed by atoms with van der Waals surface area (Å²) in [5, 5.41) is 0.